The van der Waals surface area contributed by atoms with Gasteiger partial charge in [0.25, 0.3) is 5.91 Å². The average molecular weight is 361 g/mol. The summed E-state index contributed by atoms with van der Waals surface area (Å²) < 4.78 is 4.88. The first-order valence-corrected chi connectivity index (χ1v) is 8.25. The maximum Gasteiger partial charge on any atom is 0.407 e. The van der Waals surface area contributed by atoms with Gasteiger partial charge in [-0.15, -0.1) is 0 Å². The fourth-order valence-electron chi connectivity index (χ4n) is 2.06. The Bertz CT molecular complexity index is 550. The molecule has 0 aliphatic carbocycles. The van der Waals surface area contributed by atoms with E-state index in [0.29, 0.717) is 34.7 Å². The van der Waals surface area contributed by atoms with Gasteiger partial charge >= 0.3 is 6.09 Å². The first-order chi connectivity index (χ1) is 10.8. The molecule has 0 heterocycles. The van der Waals surface area contributed by atoms with Crippen molar-refractivity contribution in [2.45, 2.75) is 33.2 Å². The van der Waals surface area contributed by atoms with Crippen molar-refractivity contribution < 1.29 is 14.3 Å². The number of carbonyl (C=O) groups is 2. The second-order valence-electron chi connectivity index (χ2n) is 5.53. The molecular weight excluding hydrogens is 339 g/mol. The predicted octanol–water partition coefficient (Wildman–Crippen LogP) is 3.88. The van der Waals surface area contributed by atoms with E-state index in [-0.39, 0.29) is 11.9 Å². The van der Waals surface area contributed by atoms with Gasteiger partial charge in [0.15, 0.2) is 0 Å². The molecule has 5 nitrogen and oxygen atoms in total. The maximum absolute atomic E-state index is 12.2. The third-order valence-corrected chi connectivity index (χ3v) is 3.78. The van der Waals surface area contributed by atoms with Crippen LogP contribution in [0.5, 0.6) is 0 Å². The Morgan fingerprint density at radius 3 is 2.48 bits per heavy atom. The van der Waals surface area contributed by atoms with Crippen molar-refractivity contribution in [3.63, 3.8) is 0 Å². The molecule has 2 N–H and O–H groups in total. The third kappa shape index (κ3) is 7.10. The number of rotatable bonds is 7. The molecule has 1 rings (SSSR count). The van der Waals surface area contributed by atoms with Crippen LogP contribution < -0.4 is 10.6 Å². The lowest BCUT2D eigenvalue weighted by molar-refractivity contribution is 0.0944. The van der Waals surface area contributed by atoms with Gasteiger partial charge in [0.1, 0.15) is 0 Å². The number of amides is 2. The monoisotopic (exact) mass is 360 g/mol. The van der Waals surface area contributed by atoms with Gasteiger partial charge in [-0.1, -0.05) is 37.0 Å². The summed E-state index contributed by atoms with van der Waals surface area (Å²) in [4.78, 5) is 23.7. The Morgan fingerprint density at radius 2 is 1.91 bits per heavy atom. The summed E-state index contributed by atoms with van der Waals surface area (Å²) in [6.07, 6.45) is 0.238. The Kier molecular flexibility index (Phi) is 8.20. The van der Waals surface area contributed by atoms with E-state index in [1.807, 2.05) is 13.8 Å². The molecule has 0 saturated carbocycles. The van der Waals surface area contributed by atoms with Crippen molar-refractivity contribution in [2.75, 3.05) is 13.2 Å². The van der Waals surface area contributed by atoms with Crippen LogP contribution in [0.2, 0.25) is 10.0 Å². The van der Waals surface area contributed by atoms with E-state index in [9.17, 15) is 9.59 Å². The van der Waals surface area contributed by atoms with E-state index < -0.39 is 6.09 Å². The highest BCUT2D eigenvalue weighted by Gasteiger charge is 2.16. The van der Waals surface area contributed by atoms with Crippen LogP contribution in [0.15, 0.2) is 18.2 Å². The lowest BCUT2D eigenvalue weighted by Gasteiger charge is -2.20. The van der Waals surface area contributed by atoms with Crippen LogP contribution in [0.25, 0.3) is 0 Å². The summed E-state index contributed by atoms with van der Waals surface area (Å²) in [6, 6.07) is 4.47. The number of hydrogen-bond donors (Lipinski definition) is 2. The molecule has 0 aromatic heterocycles. The van der Waals surface area contributed by atoms with Gasteiger partial charge < -0.3 is 15.4 Å². The predicted molar refractivity (Wildman–Crippen MR) is 92.2 cm³/mol. The fraction of sp³-hybridized carbons (Fsp3) is 0.500. The van der Waals surface area contributed by atoms with Crippen LogP contribution in [-0.4, -0.2) is 31.2 Å². The van der Waals surface area contributed by atoms with Gasteiger partial charge in [-0.3, -0.25) is 4.79 Å². The topological polar surface area (TPSA) is 67.4 Å². The van der Waals surface area contributed by atoms with Crippen molar-refractivity contribution in [1.29, 1.82) is 0 Å². The molecule has 0 radical (unpaired) electrons. The van der Waals surface area contributed by atoms with E-state index >= 15 is 0 Å². The van der Waals surface area contributed by atoms with E-state index in [1.165, 1.54) is 6.07 Å². The lowest BCUT2D eigenvalue weighted by Crippen LogP contribution is -2.44. The standard InChI is InChI=1S/C16H22Cl2N2O3/c1-4-23-16(22)20-12(7-10(2)3)9-19-15(21)11-5-6-13(17)14(18)8-11/h5-6,8,10,12H,4,7,9H2,1-3H3,(H,19,21)(H,20,22). The summed E-state index contributed by atoms with van der Waals surface area (Å²) in [6.45, 7) is 6.43. The summed E-state index contributed by atoms with van der Waals surface area (Å²) in [5.41, 5.74) is 0.416. The number of halogens is 2. The van der Waals surface area contributed by atoms with Gasteiger partial charge in [-0.25, -0.2) is 4.79 Å². The molecule has 0 spiro atoms. The molecule has 0 aliphatic rings. The molecule has 2 amide bonds. The SMILES string of the molecule is CCOC(=O)NC(CNC(=O)c1ccc(Cl)c(Cl)c1)CC(C)C. The van der Waals surface area contributed by atoms with Crippen LogP contribution in [0, 0.1) is 5.92 Å². The molecule has 23 heavy (non-hydrogen) atoms. The Labute approximate surface area is 146 Å². The molecule has 0 saturated heterocycles. The first kappa shape index (κ1) is 19.6. The van der Waals surface area contributed by atoms with Crippen LogP contribution in [0.3, 0.4) is 0 Å². The molecule has 7 heteroatoms. The number of ether oxygens (including phenoxy) is 1. The first-order valence-electron chi connectivity index (χ1n) is 7.50. The smallest absolute Gasteiger partial charge is 0.407 e. The van der Waals surface area contributed by atoms with Crippen LogP contribution in [0.4, 0.5) is 4.79 Å². The van der Waals surface area contributed by atoms with Crippen molar-refractivity contribution in [3.8, 4) is 0 Å². The number of nitrogens with one attached hydrogen (secondary N) is 2. The van der Waals surface area contributed by atoms with Gasteiger partial charge in [-0.2, -0.15) is 0 Å². The van der Waals surface area contributed by atoms with Crippen LogP contribution >= 0.6 is 23.2 Å². The quantitative estimate of drug-likeness (QED) is 0.774. The van der Waals surface area contributed by atoms with E-state index in [1.54, 1.807) is 19.1 Å². The van der Waals surface area contributed by atoms with Crippen molar-refractivity contribution in [3.05, 3.63) is 33.8 Å². The largest absolute Gasteiger partial charge is 0.450 e. The molecule has 0 bridgehead atoms. The van der Waals surface area contributed by atoms with Gasteiger partial charge in [-0.05, 0) is 37.5 Å². The fourth-order valence-corrected chi connectivity index (χ4v) is 2.36. The number of hydrogen-bond acceptors (Lipinski definition) is 3. The van der Waals surface area contributed by atoms with Crippen LogP contribution in [0.1, 0.15) is 37.6 Å². The van der Waals surface area contributed by atoms with Gasteiger partial charge in [0.2, 0.25) is 0 Å². The van der Waals surface area contributed by atoms with Crippen molar-refractivity contribution in [1.82, 2.24) is 10.6 Å². The van der Waals surface area contributed by atoms with E-state index in [4.69, 9.17) is 27.9 Å². The zero-order chi connectivity index (χ0) is 17.4. The minimum absolute atomic E-state index is 0.208. The highest BCUT2D eigenvalue weighted by Crippen LogP contribution is 2.22. The Morgan fingerprint density at radius 1 is 1.22 bits per heavy atom. The zero-order valence-electron chi connectivity index (χ0n) is 13.5. The summed E-state index contributed by atoms with van der Waals surface area (Å²) in [5.74, 6) is 0.0896. The third-order valence-electron chi connectivity index (χ3n) is 3.04. The van der Waals surface area contributed by atoms with Crippen molar-refractivity contribution >= 4 is 35.2 Å². The minimum atomic E-state index is -0.484. The summed E-state index contributed by atoms with van der Waals surface area (Å²) in [7, 11) is 0. The second-order valence-corrected chi connectivity index (χ2v) is 6.34. The number of alkyl carbamates (subject to hydrolysis) is 1. The lowest BCUT2D eigenvalue weighted by atomic mass is 10.0. The van der Waals surface area contributed by atoms with E-state index in [2.05, 4.69) is 10.6 Å². The normalized spacial score (nSPS) is 11.9. The van der Waals surface area contributed by atoms with Gasteiger partial charge in [0, 0.05) is 18.2 Å². The molecule has 1 aromatic rings. The molecular formula is C16H22Cl2N2O3. The molecule has 1 aromatic carbocycles. The maximum atomic E-state index is 12.2. The molecule has 128 valence electrons. The average Bonchev–Trinajstić information content (AvgIpc) is 2.47. The van der Waals surface area contributed by atoms with Crippen molar-refractivity contribution in [2.24, 2.45) is 5.92 Å². The molecule has 0 aliphatic heterocycles. The molecule has 0 fully saturated rings. The highest BCUT2D eigenvalue weighted by atomic mass is 35.5. The summed E-state index contributed by atoms with van der Waals surface area (Å²) in [5, 5.41) is 6.26. The van der Waals surface area contributed by atoms with E-state index in [0.717, 1.165) is 6.42 Å². The number of benzene rings is 1. The minimum Gasteiger partial charge on any atom is -0.450 e. The molecule has 1 atom stereocenters. The number of carbonyl (C=O) groups excluding carboxylic acids is 2. The highest BCUT2D eigenvalue weighted by molar-refractivity contribution is 6.42. The Balaban J connectivity index is 2.63. The second kappa shape index (κ2) is 9.63. The molecule has 1 unspecified atom stereocenters. The van der Waals surface area contributed by atoms with Gasteiger partial charge in [0.05, 0.1) is 16.7 Å². The Hall–Kier alpha value is -1.46. The summed E-state index contributed by atoms with van der Waals surface area (Å²) >= 11 is 11.7. The zero-order valence-corrected chi connectivity index (χ0v) is 15.0. The van der Waals surface area contributed by atoms with Crippen LogP contribution in [-0.2, 0) is 4.74 Å².